The number of nitrogens with zero attached hydrogens (tertiary/aromatic N) is 3. The molecular weight excluding hydrogens is 432 g/mol. The van der Waals surface area contributed by atoms with Gasteiger partial charge < -0.3 is 15.7 Å². The summed E-state index contributed by atoms with van der Waals surface area (Å²) in [5, 5.41) is 15.1. The summed E-state index contributed by atoms with van der Waals surface area (Å²) in [6.07, 6.45) is 5.10. The molecule has 2 aromatic rings. The first-order valence-corrected chi connectivity index (χ1v) is 11.8. The number of benzene rings is 1. The predicted octanol–water partition coefficient (Wildman–Crippen LogP) is 1.70. The van der Waals surface area contributed by atoms with E-state index >= 15 is 0 Å². The van der Waals surface area contributed by atoms with Crippen LogP contribution in [0.15, 0.2) is 24.3 Å². The predicted molar refractivity (Wildman–Crippen MR) is 124 cm³/mol. The van der Waals surface area contributed by atoms with Crippen molar-refractivity contribution in [3.63, 3.8) is 0 Å². The van der Waals surface area contributed by atoms with Gasteiger partial charge in [0.2, 0.25) is 5.60 Å². The lowest BCUT2D eigenvalue weighted by Crippen LogP contribution is -2.37. The number of likely N-dealkylation sites (tertiary alicyclic amines) is 1. The zero-order valence-corrected chi connectivity index (χ0v) is 19.2. The molecule has 1 saturated heterocycles. The molecule has 1 aromatic heterocycles. The Hall–Kier alpha value is -3.44. The summed E-state index contributed by atoms with van der Waals surface area (Å²) in [6.45, 7) is 0.462. The molecule has 1 aliphatic heterocycles. The molecule has 34 heavy (non-hydrogen) atoms. The normalized spacial score (nSPS) is 23.9. The third kappa shape index (κ3) is 4.01. The number of carbonyl (C=O) groups is 3. The average Bonchev–Trinajstić information content (AvgIpc) is 3.56. The van der Waals surface area contributed by atoms with Gasteiger partial charge in [-0.2, -0.15) is 5.10 Å². The van der Waals surface area contributed by atoms with E-state index in [1.807, 2.05) is 18.2 Å². The Morgan fingerprint density at radius 2 is 2.09 bits per heavy atom. The molecule has 176 valence electrons. The fraction of sp³-hybridized carbons (Fsp3) is 0.462. The number of nitrogens with two attached hydrogens (primary N) is 1. The lowest BCUT2D eigenvalue weighted by molar-refractivity contribution is -0.137. The highest BCUT2D eigenvalue weighted by atomic mass is 16.3. The quantitative estimate of drug-likeness (QED) is 0.659. The summed E-state index contributed by atoms with van der Waals surface area (Å²) in [4.78, 5) is 38.5. The van der Waals surface area contributed by atoms with Gasteiger partial charge in [0.05, 0.1) is 5.69 Å². The van der Waals surface area contributed by atoms with Gasteiger partial charge in [0.25, 0.3) is 11.8 Å². The van der Waals surface area contributed by atoms with Crippen LogP contribution in [-0.4, -0.2) is 56.6 Å². The molecule has 0 spiro atoms. The molecule has 3 aliphatic rings. The Labute approximate surface area is 198 Å². The fourth-order valence-corrected chi connectivity index (χ4v) is 5.07. The SMILES string of the molecule is CN1CC[C@@](O)(C#Cc2cccc(-n3nc(C(N)=O)c4c3CCC[C@@H]4CC(=O)C3CC3)c2)C1=O. The zero-order valence-electron chi connectivity index (χ0n) is 19.2. The molecule has 2 heterocycles. The second-order valence-electron chi connectivity index (χ2n) is 9.66. The van der Waals surface area contributed by atoms with Crippen LogP contribution in [0.2, 0.25) is 0 Å². The van der Waals surface area contributed by atoms with Crippen molar-refractivity contribution >= 4 is 17.6 Å². The number of rotatable bonds is 5. The van der Waals surface area contributed by atoms with E-state index in [1.54, 1.807) is 17.8 Å². The number of amides is 2. The molecule has 0 bridgehead atoms. The van der Waals surface area contributed by atoms with Crippen molar-refractivity contribution in [2.45, 2.75) is 56.5 Å². The van der Waals surface area contributed by atoms with Crippen molar-refractivity contribution < 1.29 is 19.5 Å². The number of fused-ring (bicyclic) bond motifs is 1. The summed E-state index contributed by atoms with van der Waals surface area (Å²) < 4.78 is 1.73. The first-order chi connectivity index (χ1) is 16.3. The van der Waals surface area contributed by atoms with Crippen LogP contribution < -0.4 is 5.73 Å². The molecule has 5 rings (SSSR count). The van der Waals surface area contributed by atoms with Gasteiger partial charge in [-0.05, 0) is 56.2 Å². The smallest absolute Gasteiger partial charge is 0.269 e. The number of likely N-dealkylation sites (N-methyl/N-ethyl adjacent to an activating group) is 1. The summed E-state index contributed by atoms with van der Waals surface area (Å²) in [7, 11) is 1.64. The highest BCUT2D eigenvalue weighted by Crippen LogP contribution is 2.40. The van der Waals surface area contributed by atoms with Gasteiger partial charge in [-0.1, -0.05) is 17.9 Å². The number of carbonyl (C=O) groups excluding carboxylic acids is 3. The lowest BCUT2D eigenvalue weighted by atomic mass is 9.81. The molecular formula is C26H28N4O4. The molecule has 8 heteroatoms. The first kappa shape index (κ1) is 22.4. The Morgan fingerprint density at radius 3 is 2.76 bits per heavy atom. The van der Waals surface area contributed by atoms with Crippen LogP contribution >= 0.6 is 0 Å². The van der Waals surface area contributed by atoms with Crippen LogP contribution in [0.1, 0.15) is 71.8 Å². The van der Waals surface area contributed by atoms with Crippen molar-refractivity contribution in [3.8, 4) is 17.5 Å². The Kier molecular flexibility index (Phi) is 5.53. The number of aliphatic hydroxyl groups is 1. The summed E-state index contributed by atoms with van der Waals surface area (Å²) in [5.41, 5.74) is 7.30. The van der Waals surface area contributed by atoms with Crippen molar-refractivity contribution in [2.75, 3.05) is 13.6 Å². The van der Waals surface area contributed by atoms with Crippen molar-refractivity contribution in [2.24, 2.45) is 11.7 Å². The number of Topliss-reactive ketones (excluding diaryl/α,β-unsaturated/α-hetero) is 1. The van der Waals surface area contributed by atoms with Gasteiger partial charge in [-0.25, -0.2) is 4.68 Å². The fourth-order valence-electron chi connectivity index (χ4n) is 5.07. The molecule has 2 aliphatic carbocycles. The molecule has 8 nitrogen and oxygen atoms in total. The Balaban J connectivity index is 1.49. The topological polar surface area (TPSA) is 119 Å². The zero-order chi connectivity index (χ0) is 24.0. The monoisotopic (exact) mass is 460 g/mol. The van der Waals surface area contributed by atoms with E-state index in [1.165, 1.54) is 4.90 Å². The summed E-state index contributed by atoms with van der Waals surface area (Å²) >= 11 is 0. The second-order valence-corrected chi connectivity index (χ2v) is 9.66. The molecule has 1 aromatic carbocycles. The molecule has 0 unspecified atom stereocenters. The van der Waals surface area contributed by atoms with E-state index in [0.717, 1.165) is 43.4 Å². The van der Waals surface area contributed by atoms with Gasteiger partial charge in [-0.15, -0.1) is 0 Å². The number of aromatic nitrogens is 2. The van der Waals surface area contributed by atoms with Gasteiger partial charge in [0.15, 0.2) is 5.69 Å². The maximum atomic E-state index is 12.5. The summed E-state index contributed by atoms with van der Waals surface area (Å²) in [5.74, 6) is 5.07. The van der Waals surface area contributed by atoms with E-state index in [4.69, 9.17) is 5.73 Å². The number of primary amides is 1. The van der Waals surface area contributed by atoms with Crippen LogP contribution in [0.5, 0.6) is 0 Å². The average molecular weight is 461 g/mol. The summed E-state index contributed by atoms with van der Waals surface area (Å²) in [6, 6.07) is 7.30. The highest BCUT2D eigenvalue weighted by molar-refractivity contribution is 5.93. The Morgan fingerprint density at radius 1 is 1.29 bits per heavy atom. The molecule has 2 atom stereocenters. The van der Waals surface area contributed by atoms with E-state index in [2.05, 4.69) is 16.9 Å². The van der Waals surface area contributed by atoms with Crippen molar-refractivity contribution in [3.05, 3.63) is 46.8 Å². The highest BCUT2D eigenvalue weighted by Gasteiger charge is 2.42. The maximum Gasteiger partial charge on any atom is 0.269 e. The number of ketones is 1. The van der Waals surface area contributed by atoms with Crippen LogP contribution in [0.3, 0.4) is 0 Å². The van der Waals surface area contributed by atoms with E-state index < -0.39 is 17.4 Å². The second kappa shape index (κ2) is 8.41. The van der Waals surface area contributed by atoms with Crippen LogP contribution in [0.4, 0.5) is 0 Å². The molecule has 0 radical (unpaired) electrons. The third-order valence-corrected chi connectivity index (χ3v) is 7.12. The van der Waals surface area contributed by atoms with E-state index in [0.29, 0.717) is 24.2 Å². The molecule has 1 saturated carbocycles. The minimum absolute atomic E-state index is 0.0457. The van der Waals surface area contributed by atoms with E-state index in [9.17, 15) is 19.5 Å². The van der Waals surface area contributed by atoms with Crippen LogP contribution in [0, 0.1) is 17.8 Å². The molecule has 2 amide bonds. The molecule has 2 fully saturated rings. The van der Waals surface area contributed by atoms with Crippen molar-refractivity contribution in [1.29, 1.82) is 0 Å². The minimum atomic E-state index is -1.67. The van der Waals surface area contributed by atoms with Crippen molar-refractivity contribution in [1.82, 2.24) is 14.7 Å². The van der Waals surface area contributed by atoms with E-state index in [-0.39, 0.29) is 29.7 Å². The standard InChI is InChI=1S/C26H28N4O4/c1-29-13-12-26(34,25(29)33)11-10-16-4-2-6-19(14-16)30-20-7-3-5-18(15-21(31)17-8-9-17)22(20)23(28-30)24(27)32/h2,4,6,14,17-18,34H,3,5,7-9,12-13,15H2,1H3,(H2,27,32)/t18-,26+/m1/s1. The maximum absolute atomic E-state index is 12.5. The lowest BCUT2D eigenvalue weighted by Gasteiger charge is -2.23. The number of hydrogen-bond donors (Lipinski definition) is 2. The minimum Gasteiger partial charge on any atom is -0.369 e. The van der Waals surface area contributed by atoms with Crippen LogP contribution in [-0.2, 0) is 16.0 Å². The first-order valence-electron chi connectivity index (χ1n) is 11.8. The Bertz CT molecular complexity index is 1250. The van der Waals surface area contributed by atoms with Gasteiger partial charge in [0.1, 0.15) is 5.78 Å². The number of hydrogen-bond acceptors (Lipinski definition) is 5. The molecule has 3 N–H and O–H groups in total. The third-order valence-electron chi connectivity index (χ3n) is 7.12. The van der Waals surface area contributed by atoms with Crippen LogP contribution in [0.25, 0.3) is 5.69 Å². The van der Waals surface area contributed by atoms with Gasteiger partial charge in [0, 0.05) is 49.2 Å². The van der Waals surface area contributed by atoms with Gasteiger partial charge >= 0.3 is 0 Å². The largest absolute Gasteiger partial charge is 0.369 e. The van der Waals surface area contributed by atoms with Gasteiger partial charge in [-0.3, -0.25) is 14.4 Å².